The normalized spacial score (nSPS) is 10.1. The molecule has 0 aliphatic rings. The Labute approximate surface area is 112 Å². The maximum absolute atomic E-state index is 10.9. The van der Waals surface area contributed by atoms with Crippen molar-refractivity contribution in [2.24, 2.45) is 5.73 Å². The predicted octanol–water partition coefficient (Wildman–Crippen LogP) is 2.23. The SMILES string of the molecule is NC(=O)c1ccc(NCCCCCCC(=O)O)cc1. The van der Waals surface area contributed by atoms with Gasteiger partial charge in [0, 0.05) is 24.2 Å². The summed E-state index contributed by atoms with van der Waals surface area (Å²) in [5.74, 6) is -1.15. The largest absolute Gasteiger partial charge is 0.481 e. The summed E-state index contributed by atoms with van der Waals surface area (Å²) in [6.45, 7) is 0.836. The van der Waals surface area contributed by atoms with Crippen LogP contribution in [0.15, 0.2) is 24.3 Å². The van der Waals surface area contributed by atoms with E-state index in [9.17, 15) is 9.59 Å². The van der Waals surface area contributed by atoms with Crippen LogP contribution in [0.3, 0.4) is 0 Å². The van der Waals surface area contributed by atoms with Gasteiger partial charge in [0.25, 0.3) is 0 Å². The minimum Gasteiger partial charge on any atom is -0.481 e. The fraction of sp³-hybridized carbons (Fsp3) is 0.429. The van der Waals surface area contributed by atoms with Crippen molar-refractivity contribution in [3.8, 4) is 0 Å². The number of amides is 1. The molecule has 5 heteroatoms. The molecule has 104 valence electrons. The zero-order chi connectivity index (χ0) is 14.1. The van der Waals surface area contributed by atoms with Crippen LogP contribution in [0.25, 0.3) is 0 Å². The third-order valence-electron chi connectivity index (χ3n) is 2.82. The lowest BCUT2D eigenvalue weighted by Gasteiger charge is -2.06. The van der Waals surface area contributed by atoms with Gasteiger partial charge in [0.05, 0.1) is 0 Å². The molecule has 0 atom stereocenters. The lowest BCUT2D eigenvalue weighted by atomic mass is 10.1. The van der Waals surface area contributed by atoms with Crippen LogP contribution in [0.1, 0.15) is 42.5 Å². The molecule has 0 radical (unpaired) electrons. The van der Waals surface area contributed by atoms with E-state index in [4.69, 9.17) is 10.8 Å². The Morgan fingerprint density at radius 3 is 2.26 bits per heavy atom. The molecule has 0 aromatic heterocycles. The summed E-state index contributed by atoms with van der Waals surface area (Å²) in [5, 5.41) is 11.7. The van der Waals surface area contributed by atoms with Crippen LogP contribution in [0, 0.1) is 0 Å². The van der Waals surface area contributed by atoms with Crippen LogP contribution in [-0.2, 0) is 4.79 Å². The van der Waals surface area contributed by atoms with Crippen molar-refractivity contribution in [1.82, 2.24) is 0 Å². The minimum absolute atomic E-state index is 0.252. The highest BCUT2D eigenvalue weighted by atomic mass is 16.4. The molecule has 0 bridgehead atoms. The smallest absolute Gasteiger partial charge is 0.303 e. The molecular formula is C14H20N2O3. The van der Waals surface area contributed by atoms with Crippen LogP contribution >= 0.6 is 0 Å². The van der Waals surface area contributed by atoms with E-state index in [1.807, 2.05) is 12.1 Å². The molecule has 1 rings (SSSR count). The van der Waals surface area contributed by atoms with Crippen molar-refractivity contribution < 1.29 is 14.7 Å². The Kier molecular flexibility index (Phi) is 6.43. The lowest BCUT2D eigenvalue weighted by Crippen LogP contribution is -2.10. The van der Waals surface area contributed by atoms with Gasteiger partial charge in [-0.15, -0.1) is 0 Å². The quantitative estimate of drug-likeness (QED) is 0.596. The van der Waals surface area contributed by atoms with Gasteiger partial charge in [-0.05, 0) is 37.1 Å². The van der Waals surface area contributed by atoms with Gasteiger partial charge in [-0.2, -0.15) is 0 Å². The first-order chi connectivity index (χ1) is 9.09. The van der Waals surface area contributed by atoms with Crippen molar-refractivity contribution in [1.29, 1.82) is 0 Å². The van der Waals surface area contributed by atoms with Crippen LogP contribution < -0.4 is 11.1 Å². The number of carboxylic acid groups (broad SMARTS) is 1. The number of carbonyl (C=O) groups excluding carboxylic acids is 1. The first-order valence-corrected chi connectivity index (χ1v) is 6.45. The van der Waals surface area contributed by atoms with Crippen molar-refractivity contribution in [2.75, 3.05) is 11.9 Å². The number of hydrogen-bond donors (Lipinski definition) is 3. The minimum atomic E-state index is -0.729. The number of carbonyl (C=O) groups is 2. The van der Waals surface area contributed by atoms with E-state index in [-0.39, 0.29) is 6.42 Å². The highest BCUT2D eigenvalue weighted by Crippen LogP contribution is 2.10. The molecular weight excluding hydrogens is 244 g/mol. The zero-order valence-corrected chi connectivity index (χ0v) is 10.9. The molecule has 1 aromatic carbocycles. The number of primary amides is 1. The van der Waals surface area contributed by atoms with Gasteiger partial charge in [-0.1, -0.05) is 12.8 Å². The molecule has 0 spiro atoms. The number of rotatable bonds is 9. The van der Waals surface area contributed by atoms with E-state index in [1.54, 1.807) is 12.1 Å². The fourth-order valence-electron chi connectivity index (χ4n) is 1.74. The zero-order valence-electron chi connectivity index (χ0n) is 10.9. The molecule has 0 aliphatic carbocycles. The second-order valence-corrected chi connectivity index (χ2v) is 4.43. The topological polar surface area (TPSA) is 92.4 Å². The number of benzene rings is 1. The Morgan fingerprint density at radius 2 is 1.68 bits per heavy atom. The highest BCUT2D eigenvalue weighted by molar-refractivity contribution is 5.93. The van der Waals surface area contributed by atoms with Crippen LogP contribution in [-0.4, -0.2) is 23.5 Å². The van der Waals surface area contributed by atoms with E-state index in [0.29, 0.717) is 5.56 Å². The molecule has 0 aliphatic heterocycles. The Bertz CT molecular complexity index is 415. The predicted molar refractivity (Wildman–Crippen MR) is 74.2 cm³/mol. The van der Waals surface area contributed by atoms with Gasteiger partial charge in [0.1, 0.15) is 0 Å². The molecule has 1 aromatic rings. The number of anilines is 1. The van der Waals surface area contributed by atoms with Gasteiger partial charge >= 0.3 is 5.97 Å². The summed E-state index contributed by atoms with van der Waals surface area (Å²) < 4.78 is 0. The standard InChI is InChI=1S/C14H20N2O3/c15-14(19)11-6-8-12(9-7-11)16-10-4-2-1-3-5-13(17)18/h6-9,16H,1-5,10H2,(H2,15,19)(H,17,18). The monoisotopic (exact) mass is 264 g/mol. The third-order valence-corrected chi connectivity index (χ3v) is 2.82. The van der Waals surface area contributed by atoms with Crippen molar-refractivity contribution in [2.45, 2.75) is 32.1 Å². The Hall–Kier alpha value is -2.04. The second-order valence-electron chi connectivity index (χ2n) is 4.43. The summed E-state index contributed by atoms with van der Waals surface area (Å²) in [6, 6.07) is 7.03. The molecule has 0 fully saturated rings. The number of hydrogen-bond acceptors (Lipinski definition) is 3. The first-order valence-electron chi connectivity index (χ1n) is 6.45. The number of unbranched alkanes of at least 4 members (excludes halogenated alkanes) is 3. The molecule has 5 nitrogen and oxygen atoms in total. The molecule has 0 saturated carbocycles. The van der Waals surface area contributed by atoms with Crippen LogP contribution in [0.4, 0.5) is 5.69 Å². The second kappa shape index (κ2) is 8.13. The molecule has 4 N–H and O–H groups in total. The van der Waals surface area contributed by atoms with Gasteiger partial charge in [-0.25, -0.2) is 0 Å². The average molecular weight is 264 g/mol. The molecule has 0 saturated heterocycles. The maximum atomic E-state index is 10.9. The molecule has 0 heterocycles. The number of nitrogens with two attached hydrogens (primary N) is 1. The Morgan fingerprint density at radius 1 is 1.05 bits per heavy atom. The average Bonchev–Trinajstić information content (AvgIpc) is 2.38. The van der Waals surface area contributed by atoms with Crippen molar-refractivity contribution >= 4 is 17.6 Å². The van der Waals surface area contributed by atoms with E-state index < -0.39 is 11.9 Å². The summed E-state index contributed by atoms with van der Waals surface area (Å²) in [7, 11) is 0. The summed E-state index contributed by atoms with van der Waals surface area (Å²) in [6.07, 6.45) is 3.94. The number of carboxylic acids is 1. The maximum Gasteiger partial charge on any atom is 0.303 e. The lowest BCUT2D eigenvalue weighted by molar-refractivity contribution is -0.137. The van der Waals surface area contributed by atoms with Crippen molar-refractivity contribution in [3.05, 3.63) is 29.8 Å². The van der Waals surface area contributed by atoms with Crippen LogP contribution in [0.5, 0.6) is 0 Å². The van der Waals surface area contributed by atoms with E-state index in [1.165, 1.54) is 0 Å². The fourth-order valence-corrected chi connectivity index (χ4v) is 1.74. The molecule has 0 unspecified atom stereocenters. The number of aliphatic carboxylic acids is 1. The van der Waals surface area contributed by atoms with Gasteiger partial charge < -0.3 is 16.2 Å². The summed E-state index contributed by atoms with van der Waals surface area (Å²) in [5.41, 5.74) is 6.61. The van der Waals surface area contributed by atoms with Gasteiger partial charge in [0.2, 0.25) is 5.91 Å². The third kappa shape index (κ3) is 6.45. The van der Waals surface area contributed by atoms with Gasteiger partial charge in [0.15, 0.2) is 0 Å². The van der Waals surface area contributed by atoms with Crippen molar-refractivity contribution in [3.63, 3.8) is 0 Å². The van der Waals surface area contributed by atoms with E-state index in [0.717, 1.165) is 37.9 Å². The van der Waals surface area contributed by atoms with E-state index in [2.05, 4.69) is 5.32 Å². The Balaban J connectivity index is 2.12. The first kappa shape index (κ1) is 15.0. The van der Waals surface area contributed by atoms with E-state index >= 15 is 0 Å². The number of nitrogens with one attached hydrogen (secondary N) is 1. The molecule has 19 heavy (non-hydrogen) atoms. The highest BCUT2D eigenvalue weighted by Gasteiger charge is 1.99. The van der Waals surface area contributed by atoms with Gasteiger partial charge in [-0.3, -0.25) is 9.59 Å². The van der Waals surface area contributed by atoms with Crippen LogP contribution in [0.2, 0.25) is 0 Å². The molecule has 1 amide bonds. The summed E-state index contributed by atoms with van der Waals surface area (Å²) >= 11 is 0. The summed E-state index contributed by atoms with van der Waals surface area (Å²) in [4.78, 5) is 21.2.